The van der Waals surface area contributed by atoms with Gasteiger partial charge in [0.15, 0.2) is 0 Å². The van der Waals surface area contributed by atoms with E-state index in [0.717, 1.165) is 69.2 Å². The molecule has 7 heteroatoms. The van der Waals surface area contributed by atoms with Gasteiger partial charge in [-0.1, -0.05) is 13.0 Å². The van der Waals surface area contributed by atoms with E-state index in [1.54, 1.807) is 12.4 Å². The van der Waals surface area contributed by atoms with E-state index in [-0.39, 0.29) is 11.4 Å². The van der Waals surface area contributed by atoms with Crippen molar-refractivity contribution in [2.75, 3.05) is 48.3 Å². The van der Waals surface area contributed by atoms with Crippen LogP contribution in [-0.2, 0) is 6.42 Å². The minimum atomic E-state index is 0.168. The number of rotatable bonds is 2. The lowest BCUT2D eigenvalue weighted by Gasteiger charge is -2.60. The lowest BCUT2D eigenvalue weighted by Crippen LogP contribution is -2.74. The van der Waals surface area contributed by atoms with Crippen LogP contribution in [0.1, 0.15) is 25.3 Å². The lowest BCUT2D eigenvalue weighted by atomic mass is 9.73. The zero-order valence-electron chi connectivity index (χ0n) is 16.9. The largest absolute Gasteiger partial charge is 0.354 e. The van der Waals surface area contributed by atoms with Gasteiger partial charge in [-0.3, -0.25) is 9.88 Å². The molecule has 0 N–H and O–H groups in total. The molecule has 6 nitrogen and oxygen atoms in total. The van der Waals surface area contributed by atoms with Crippen LogP contribution in [0.2, 0.25) is 0 Å². The number of aromatic nitrogens is 2. The van der Waals surface area contributed by atoms with Crippen LogP contribution in [0.3, 0.4) is 0 Å². The fourth-order valence-corrected chi connectivity index (χ4v) is 5.77. The molecule has 0 radical (unpaired) electrons. The molecule has 1 aromatic heterocycles. The van der Waals surface area contributed by atoms with Crippen molar-refractivity contribution in [1.82, 2.24) is 14.9 Å². The topological polar surface area (TPSA) is 52.6 Å². The predicted octanol–water partition coefficient (Wildman–Crippen LogP) is 3.67. The lowest BCUT2D eigenvalue weighted by molar-refractivity contribution is 0.00958. The van der Waals surface area contributed by atoms with Gasteiger partial charge >= 0.3 is 6.03 Å². The number of urea groups is 1. The maximum absolute atomic E-state index is 13.3. The van der Waals surface area contributed by atoms with Crippen molar-refractivity contribution in [2.24, 2.45) is 5.41 Å². The highest BCUT2D eigenvalue weighted by molar-refractivity contribution is 7.99. The van der Waals surface area contributed by atoms with E-state index < -0.39 is 0 Å². The number of carbonyl (C=O) groups is 1. The Hall–Kier alpha value is -2.28. The van der Waals surface area contributed by atoms with Gasteiger partial charge in [-0.05, 0) is 42.7 Å². The van der Waals surface area contributed by atoms with Crippen LogP contribution in [0, 0.1) is 5.41 Å². The van der Waals surface area contributed by atoms with Crippen molar-refractivity contribution in [1.29, 1.82) is 0 Å². The molecule has 3 aliphatic rings. The Balaban J connectivity index is 1.26. The first kappa shape index (κ1) is 18.7. The number of carbonyl (C=O) groups excluding carboxylic acids is 1. The molecule has 5 rings (SSSR count). The Kier molecular flexibility index (Phi) is 4.86. The number of thioether (sulfide) groups is 1. The molecular weight excluding hydrogens is 382 g/mol. The number of hydrogen-bond acceptors (Lipinski definition) is 5. The number of amides is 2. The van der Waals surface area contributed by atoms with Gasteiger partial charge in [0.05, 0.1) is 11.9 Å². The first-order valence-corrected chi connectivity index (χ1v) is 11.5. The maximum atomic E-state index is 13.3. The van der Waals surface area contributed by atoms with Gasteiger partial charge in [0, 0.05) is 55.4 Å². The van der Waals surface area contributed by atoms with Crippen LogP contribution >= 0.6 is 11.8 Å². The van der Waals surface area contributed by atoms with Crippen LogP contribution in [0.25, 0.3) is 0 Å². The Morgan fingerprint density at radius 2 is 2.03 bits per heavy atom. The summed E-state index contributed by atoms with van der Waals surface area (Å²) in [6, 6.07) is 6.76. The molecule has 2 aromatic rings. The highest BCUT2D eigenvalue weighted by Crippen LogP contribution is 2.42. The molecule has 0 atom stereocenters. The Bertz CT molecular complexity index is 891. The first-order valence-electron chi connectivity index (χ1n) is 10.5. The normalized spacial score (nSPS) is 20.4. The van der Waals surface area contributed by atoms with Gasteiger partial charge in [0.2, 0.25) is 0 Å². The van der Waals surface area contributed by atoms with Crippen molar-refractivity contribution in [2.45, 2.75) is 31.1 Å². The molecule has 4 heterocycles. The number of hydrogen-bond donors (Lipinski definition) is 0. The highest BCUT2D eigenvalue weighted by Gasteiger charge is 2.54. The van der Waals surface area contributed by atoms with Crippen LogP contribution in [0.4, 0.5) is 16.3 Å². The van der Waals surface area contributed by atoms with Gasteiger partial charge in [0.25, 0.3) is 0 Å². The molecule has 3 aliphatic heterocycles. The predicted molar refractivity (Wildman–Crippen MR) is 117 cm³/mol. The third-order valence-electron chi connectivity index (χ3n) is 6.24. The minimum Gasteiger partial charge on any atom is -0.354 e. The van der Waals surface area contributed by atoms with Crippen molar-refractivity contribution < 1.29 is 4.79 Å². The molecular formula is C22H27N5OS. The summed E-state index contributed by atoms with van der Waals surface area (Å²) in [5, 5.41) is 0. The molecule has 0 saturated carbocycles. The summed E-state index contributed by atoms with van der Waals surface area (Å²) in [6.45, 7) is 6.60. The number of nitrogens with zero attached hydrogens (tertiary/aromatic N) is 5. The van der Waals surface area contributed by atoms with E-state index in [0.29, 0.717) is 0 Å². The van der Waals surface area contributed by atoms with E-state index in [9.17, 15) is 4.79 Å². The standard InChI is InChI=1S/C22H27N5OS/c1-2-17-5-6-18-19(11-17)29-10-4-3-9-27(18)21(28)26-15-22(16-26)13-25(14-22)20-12-23-7-8-24-20/h5-8,11-12H,2-4,9-10,13-16H2,1H3. The van der Waals surface area contributed by atoms with Crippen molar-refractivity contribution in [3.05, 3.63) is 42.4 Å². The van der Waals surface area contributed by atoms with Gasteiger partial charge in [-0.15, -0.1) is 11.8 Å². The monoisotopic (exact) mass is 409 g/mol. The number of likely N-dealkylation sites (tertiary alicyclic amines) is 1. The van der Waals surface area contributed by atoms with E-state index in [4.69, 9.17) is 0 Å². The Labute approximate surface area is 176 Å². The zero-order chi connectivity index (χ0) is 19.8. The third kappa shape index (κ3) is 3.45. The smallest absolute Gasteiger partial charge is 0.324 e. The molecule has 2 saturated heterocycles. The second-order valence-electron chi connectivity index (χ2n) is 8.42. The third-order valence-corrected chi connectivity index (χ3v) is 7.37. The van der Waals surface area contributed by atoms with Crippen molar-refractivity contribution in [3.63, 3.8) is 0 Å². The minimum absolute atomic E-state index is 0.168. The quantitative estimate of drug-likeness (QED) is 0.757. The van der Waals surface area contributed by atoms with E-state index >= 15 is 0 Å². The SMILES string of the molecule is CCc1ccc2c(c1)SCCCCN2C(=O)N1CC2(C1)CN(c1cnccn1)C2. The molecule has 29 heavy (non-hydrogen) atoms. The maximum Gasteiger partial charge on any atom is 0.324 e. The highest BCUT2D eigenvalue weighted by atomic mass is 32.2. The number of aryl methyl sites for hydroxylation is 1. The summed E-state index contributed by atoms with van der Waals surface area (Å²) in [5.74, 6) is 2.07. The summed E-state index contributed by atoms with van der Waals surface area (Å²) in [7, 11) is 0. The van der Waals surface area contributed by atoms with Crippen LogP contribution < -0.4 is 9.80 Å². The molecule has 1 aromatic carbocycles. The van der Waals surface area contributed by atoms with E-state index in [1.807, 2.05) is 27.8 Å². The van der Waals surface area contributed by atoms with E-state index in [1.165, 1.54) is 10.5 Å². The molecule has 0 bridgehead atoms. The summed E-state index contributed by atoms with van der Waals surface area (Å²) in [4.78, 5) is 29.4. The summed E-state index contributed by atoms with van der Waals surface area (Å²) in [6.07, 6.45) is 8.49. The van der Waals surface area contributed by atoms with Crippen LogP contribution in [0.5, 0.6) is 0 Å². The van der Waals surface area contributed by atoms with Gasteiger partial charge < -0.3 is 9.80 Å². The van der Waals surface area contributed by atoms with Crippen molar-refractivity contribution >= 4 is 29.3 Å². The fraction of sp³-hybridized carbons (Fsp3) is 0.500. The number of fused-ring (bicyclic) bond motifs is 1. The molecule has 2 fully saturated rings. The Morgan fingerprint density at radius 3 is 2.79 bits per heavy atom. The van der Waals surface area contributed by atoms with Gasteiger partial charge in [-0.2, -0.15) is 0 Å². The molecule has 2 amide bonds. The van der Waals surface area contributed by atoms with Crippen LogP contribution in [0.15, 0.2) is 41.7 Å². The number of anilines is 2. The van der Waals surface area contributed by atoms with E-state index in [2.05, 4.69) is 40.0 Å². The summed E-state index contributed by atoms with van der Waals surface area (Å²) >= 11 is 1.89. The molecule has 0 aliphatic carbocycles. The molecule has 152 valence electrons. The van der Waals surface area contributed by atoms with Crippen molar-refractivity contribution in [3.8, 4) is 0 Å². The number of benzene rings is 1. The fourth-order valence-electron chi connectivity index (χ4n) is 4.64. The molecule has 1 spiro atoms. The zero-order valence-corrected chi connectivity index (χ0v) is 17.7. The second-order valence-corrected chi connectivity index (χ2v) is 9.56. The molecule has 0 unspecified atom stereocenters. The van der Waals surface area contributed by atoms with Gasteiger partial charge in [-0.25, -0.2) is 9.78 Å². The summed E-state index contributed by atoms with van der Waals surface area (Å²) < 4.78 is 0. The Morgan fingerprint density at radius 1 is 1.17 bits per heavy atom. The average Bonchev–Trinajstić information content (AvgIpc) is 2.67. The summed E-state index contributed by atoms with van der Waals surface area (Å²) in [5.41, 5.74) is 2.66. The van der Waals surface area contributed by atoms with Gasteiger partial charge in [0.1, 0.15) is 5.82 Å². The first-order chi connectivity index (χ1) is 14.2. The second kappa shape index (κ2) is 7.52. The average molecular weight is 410 g/mol. The van der Waals surface area contributed by atoms with Crippen LogP contribution in [-0.4, -0.2) is 59.4 Å².